The molecule has 1 unspecified atom stereocenters. The lowest BCUT2D eigenvalue weighted by Gasteiger charge is -2.29. The lowest BCUT2D eigenvalue weighted by atomic mass is 10.2. The van der Waals surface area contributed by atoms with Crippen molar-refractivity contribution in [2.75, 3.05) is 61.2 Å². The molecular weight excluding hydrogens is 452 g/mol. The molecule has 1 atom stereocenters. The van der Waals surface area contributed by atoms with Gasteiger partial charge in [-0.2, -0.15) is 0 Å². The first kappa shape index (κ1) is 25.6. The first-order valence-corrected chi connectivity index (χ1v) is 12.3. The number of nitrogens with zero attached hydrogens (tertiary/aromatic N) is 2. The van der Waals surface area contributed by atoms with Gasteiger partial charge in [-0.3, -0.25) is 14.4 Å². The number of amides is 3. The molecule has 2 N–H and O–H groups in total. The maximum atomic E-state index is 12.6. The lowest BCUT2D eigenvalue weighted by Crippen LogP contribution is -2.39. The highest BCUT2D eigenvalue weighted by Crippen LogP contribution is 2.19. The van der Waals surface area contributed by atoms with Crippen molar-refractivity contribution in [2.45, 2.75) is 19.1 Å². The van der Waals surface area contributed by atoms with Gasteiger partial charge >= 0.3 is 0 Å². The van der Waals surface area contributed by atoms with Gasteiger partial charge in [0.25, 0.3) is 0 Å². The highest BCUT2D eigenvalue weighted by atomic mass is 32.2. The van der Waals surface area contributed by atoms with E-state index in [0.717, 1.165) is 30.0 Å². The molecule has 0 bridgehead atoms. The van der Waals surface area contributed by atoms with E-state index >= 15 is 0 Å². The van der Waals surface area contributed by atoms with Crippen LogP contribution in [0.2, 0.25) is 0 Å². The van der Waals surface area contributed by atoms with Gasteiger partial charge in [-0.15, -0.1) is 11.8 Å². The molecule has 9 heteroatoms. The number of likely N-dealkylation sites (N-methyl/N-ethyl adjacent to an activating group) is 1. The number of nitrogens with one attached hydrogen (secondary N) is 2. The van der Waals surface area contributed by atoms with Crippen LogP contribution in [0.3, 0.4) is 0 Å². The molecule has 1 saturated heterocycles. The Hall–Kier alpha value is -3.04. The molecule has 1 fully saturated rings. The standard InChI is InChI=1S/C25H32N4O4S/c1-18-4-6-20(7-5-18)27-24(31)17-34-19(2)25(32)28(3)16-23(30)26-21-8-10-22(11-9-21)29-12-14-33-15-13-29/h4-11,19H,12-17H2,1-3H3,(H,26,30)(H,27,31). The molecule has 0 saturated carbocycles. The number of carbonyl (C=O) groups is 3. The minimum Gasteiger partial charge on any atom is -0.378 e. The maximum Gasteiger partial charge on any atom is 0.243 e. The third kappa shape index (κ3) is 7.78. The summed E-state index contributed by atoms with van der Waals surface area (Å²) in [7, 11) is 1.59. The van der Waals surface area contributed by atoms with Crippen molar-refractivity contribution in [1.29, 1.82) is 0 Å². The molecule has 34 heavy (non-hydrogen) atoms. The molecule has 1 aliphatic heterocycles. The van der Waals surface area contributed by atoms with Crippen LogP contribution in [0.1, 0.15) is 12.5 Å². The van der Waals surface area contributed by atoms with Crippen molar-refractivity contribution < 1.29 is 19.1 Å². The number of ether oxygens (including phenoxy) is 1. The predicted octanol–water partition coefficient (Wildman–Crippen LogP) is 2.99. The number of aryl methyl sites for hydroxylation is 1. The molecule has 1 aliphatic rings. The van der Waals surface area contributed by atoms with Crippen molar-refractivity contribution >= 4 is 46.5 Å². The first-order valence-electron chi connectivity index (χ1n) is 11.3. The summed E-state index contributed by atoms with van der Waals surface area (Å²) in [5.74, 6) is -0.499. The van der Waals surface area contributed by atoms with Crippen LogP contribution in [0.5, 0.6) is 0 Å². The summed E-state index contributed by atoms with van der Waals surface area (Å²) in [6.07, 6.45) is 0. The van der Waals surface area contributed by atoms with Crippen LogP contribution in [0.4, 0.5) is 17.1 Å². The fourth-order valence-electron chi connectivity index (χ4n) is 3.49. The van der Waals surface area contributed by atoms with Gasteiger partial charge in [0.1, 0.15) is 0 Å². The number of benzene rings is 2. The third-order valence-electron chi connectivity index (χ3n) is 5.43. The van der Waals surface area contributed by atoms with Crippen LogP contribution in [0.25, 0.3) is 0 Å². The van der Waals surface area contributed by atoms with E-state index in [1.807, 2.05) is 55.5 Å². The van der Waals surface area contributed by atoms with Crippen LogP contribution in [0, 0.1) is 6.92 Å². The first-order chi connectivity index (χ1) is 16.3. The number of morpholine rings is 1. The number of thioether (sulfide) groups is 1. The average Bonchev–Trinajstić information content (AvgIpc) is 2.84. The minimum absolute atomic E-state index is 0.0650. The molecule has 182 valence electrons. The second kappa shape index (κ2) is 12.4. The van der Waals surface area contributed by atoms with Gasteiger partial charge in [-0.25, -0.2) is 0 Å². The predicted molar refractivity (Wildman–Crippen MR) is 137 cm³/mol. The van der Waals surface area contributed by atoms with Gasteiger partial charge in [0.15, 0.2) is 0 Å². The topological polar surface area (TPSA) is 91.0 Å². The molecule has 2 aromatic rings. The molecule has 3 rings (SSSR count). The van der Waals surface area contributed by atoms with E-state index < -0.39 is 5.25 Å². The maximum absolute atomic E-state index is 12.6. The Morgan fingerprint density at radius 3 is 2.15 bits per heavy atom. The smallest absolute Gasteiger partial charge is 0.243 e. The van der Waals surface area contributed by atoms with E-state index in [4.69, 9.17) is 4.74 Å². The van der Waals surface area contributed by atoms with Gasteiger partial charge < -0.3 is 25.2 Å². The molecule has 1 heterocycles. The molecule has 8 nitrogen and oxygen atoms in total. The Kier molecular flexibility index (Phi) is 9.35. The molecule has 0 radical (unpaired) electrons. The van der Waals surface area contributed by atoms with Crippen LogP contribution in [-0.2, 0) is 19.1 Å². The molecule has 0 aliphatic carbocycles. The van der Waals surface area contributed by atoms with E-state index in [2.05, 4.69) is 15.5 Å². The summed E-state index contributed by atoms with van der Waals surface area (Å²) in [6.45, 7) is 6.79. The Balaban J connectivity index is 1.40. The Labute approximate surface area is 205 Å². The Morgan fingerprint density at radius 1 is 0.971 bits per heavy atom. The number of rotatable bonds is 9. The zero-order chi connectivity index (χ0) is 24.5. The molecule has 0 spiro atoms. The summed E-state index contributed by atoms with van der Waals surface area (Å²) in [4.78, 5) is 40.9. The van der Waals surface area contributed by atoms with Crippen molar-refractivity contribution in [3.05, 3.63) is 54.1 Å². The molecule has 3 amide bonds. The fraction of sp³-hybridized carbons (Fsp3) is 0.400. The normalized spacial score (nSPS) is 14.3. The van der Waals surface area contributed by atoms with Gasteiger partial charge in [-0.05, 0) is 50.2 Å². The van der Waals surface area contributed by atoms with Crippen LogP contribution in [-0.4, -0.2) is 73.5 Å². The van der Waals surface area contributed by atoms with E-state index in [0.29, 0.717) is 18.9 Å². The van der Waals surface area contributed by atoms with E-state index in [-0.39, 0.29) is 30.0 Å². The number of hydrogen-bond acceptors (Lipinski definition) is 6. The van der Waals surface area contributed by atoms with E-state index in [1.54, 1.807) is 14.0 Å². The zero-order valence-electron chi connectivity index (χ0n) is 19.9. The van der Waals surface area contributed by atoms with Crippen molar-refractivity contribution in [1.82, 2.24) is 4.90 Å². The molecular formula is C25H32N4O4S. The number of anilines is 3. The van der Waals surface area contributed by atoms with Gasteiger partial charge in [-0.1, -0.05) is 17.7 Å². The van der Waals surface area contributed by atoms with Crippen LogP contribution in [0.15, 0.2) is 48.5 Å². The van der Waals surface area contributed by atoms with Crippen molar-refractivity contribution in [2.24, 2.45) is 0 Å². The third-order valence-corrected chi connectivity index (χ3v) is 6.56. The van der Waals surface area contributed by atoms with Gasteiger partial charge in [0.2, 0.25) is 17.7 Å². The summed E-state index contributed by atoms with van der Waals surface area (Å²) >= 11 is 1.24. The quantitative estimate of drug-likeness (QED) is 0.569. The highest BCUT2D eigenvalue weighted by molar-refractivity contribution is 8.01. The summed E-state index contributed by atoms with van der Waals surface area (Å²) < 4.78 is 5.37. The summed E-state index contributed by atoms with van der Waals surface area (Å²) in [6, 6.07) is 15.2. The summed E-state index contributed by atoms with van der Waals surface area (Å²) in [5.41, 5.74) is 3.61. The molecule has 2 aromatic carbocycles. The van der Waals surface area contributed by atoms with Crippen molar-refractivity contribution in [3.8, 4) is 0 Å². The van der Waals surface area contributed by atoms with E-state index in [1.165, 1.54) is 16.7 Å². The monoisotopic (exact) mass is 484 g/mol. The van der Waals surface area contributed by atoms with Crippen LogP contribution >= 0.6 is 11.8 Å². The fourth-order valence-corrected chi connectivity index (χ4v) is 4.28. The Bertz CT molecular complexity index is 975. The second-order valence-corrected chi connectivity index (χ2v) is 9.59. The largest absolute Gasteiger partial charge is 0.378 e. The number of hydrogen-bond donors (Lipinski definition) is 2. The zero-order valence-corrected chi connectivity index (χ0v) is 20.7. The number of carbonyl (C=O) groups excluding carboxylic acids is 3. The second-order valence-electron chi connectivity index (χ2n) is 8.26. The van der Waals surface area contributed by atoms with Crippen LogP contribution < -0.4 is 15.5 Å². The van der Waals surface area contributed by atoms with Gasteiger partial charge in [0.05, 0.1) is 30.8 Å². The minimum atomic E-state index is -0.450. The Morgan fingerprint density at radius 2 is 1.53 bits per heavy atom. The van der Waals surface area contributed by atoms with Gasteiger partial charge in [0, 0.05) is 37.2 Å². The SMILES string of the molecule is Cc1ccc(NC(=O)CSC(C)C(=O)N(C)CC(=O)Nc2ccc(N3CCOCC3)cc2)cc1. The van der Waals surface area contributed by atoms with E-state index in [9.17, 15) is 14.4 Å². The average molecular weight is 485 g/mol. The lowest BCUT2D eigenvalue weighted by molar-refractivity contribution is -0.132. The summed E-state index contributed by atoms with van der Waals surface area (Å²) in [5, 5.41) is 5.20. The highest BCUT2D eigenvalue weighted by Gasteiger charge is 2.21. The van der Waals surface area contributed by atoms with Crippen molar-refractivity contribution in [3.63, 3.8) is 0 Å². The molecule has 0 aromatic heterocycles.